The van der Waals surface area contributed by atoms with E-state index in [4.69, 9.17) is 11.6 Å². The number of hydrogen-bond acceptors (Lipinski definition) is 1. The zero-order chi connectivity index (χ0) is 13.1. The number of carbonyl (C=O) groups excluding carboxylic acids is 1. The number of carbonyl (C=O) groups is 1. The summed E-state index contributed by atoms with van der Waals surface area (Å²) in [6, 6.07) is 5.20. The minimum Gasteiger partial charge on any atom is -0.352 e. The fourth-order valence-electron chi connectivity index (χ4n) is 2.21. The molecule has 1 aromatic rings. The second kappa shape index (κ2) is 6.40. The van der Waals surface area contributed by atoms with E-state index >= 15 is 0 Å². The first-order valence-electron chi connectivity index (χ1n) is 5.95. The zero-order valence-corrected chi connectivity index (χ0v) is 13.7. The van der Waals surface area contributed by atoms with Crippen LogP contribution in [-0.2, 0) is 0 Å². The molecule has 2 rings (SSSR count). The summed E-state index contributed by atoms with van der Waals surface area (Å²) in [5.74, 6) is 0.491. The van der Waals surface area contributed by atoms with Gasteiger partial charge in [-0.2, -0.15) is 0 Å². The van der Waals surface area contributed by atoms with Crippen LogP contribution in [0.15, 0.2) is 22.7 Å². The second-order valence-corrected chi connectivity index (χ2v) is 7.01. The highest BCUT2D eigenvalue weighted by atomic mass is 79.9. The molecule has 1 amide bonds. The molecule has 1 aliphatic rings. The molecule has 0 aromatic heterocycles. The van der Waals surface area contributed by atoms with Gasteiger partial charge in [0, 0.05) is 20.9 Å². The van der Waals surface area contributed by atoms with Crippen LogP contribution in [0, 0.1) is 5.92 Å². The van der Waals surface area contributed by atoms with Gasteiger partial charge in [0.15, 0.2) is 0 Å². The van der Waals surface area contributed by atoms with Gasteiger partial charge in [-0.3, -0.25) is 4.79 Å². The van der Waals surface area contributed by atoms with E-state index in [2.05, 4.69) is 37.2 Å². The van der Waals surface area contributed by atoms with E-state index in [0.29, 0.717) is 21.3 Å². The number of benzene rings is 1. The van der Waals surface area contributed by atoms with Crippen molar-refractivity contribution in [2.45, 2.75) is 24.1 Å². The molecule has 2 atom stereocenters. The van der Waals surface area contributed by atoms with Crippen LogP contribution < -0.4 is 5.32 Å². The Kier molecular flexibility index (Phi) is 5.10. The maximum atomic E-state index is 12.0. The lowest BCUT2D eigenvalue weighted by Crippen LogP contribution is -2.31. The topological polar surface area (TPSA) is 29.1 Å². The molecule has 0 aliphatic heterocycles. The molecule has 1 aliphatic carbocycles. The van der Waals surface area contributed by atoms with Gasteiger partial charge >= 0.3 is 0 Å². The zero-order valence-electron chi connectivity index (χ0n) is 9.76. The van der Waals surface area contributed by atoms with Crippen LogP contribution in [0.25, 0.3) is 0 Å². The van der Waals surface area contributed by atoms with Crippen molar-refractivity contribution in [1.29, 1.82) is 0 Å². The first kappa shape index (κ1) is 14.4. The fourth-order valence-corrected chi connectivity index (χ4v) is 3.85. The third kappa shape index (κ3) is 3.49. The van der Waals surface area contributed by atoms with Gasteiger partial charge in [-0.15, -0.1) is 0 Å². The molecule has 2 nitrogen and oxygen atoms in total. The van der Waals surface area contributed by atoms with Gasteiger partial charge in [0.25, 0.3) is 5.91 Å². The first-order chi connectivity index (χ1) is 8.58. The number of alkyl halides is 1. The quantitative estimate of drug-likeness (QED) is 0.756. The van der Waals surface area contributed by atoms with Gasteiger partial charge in [0.1, 0.15) is 0 Å². The van der Waals surface area contributed by atoms with E-state index in [1.807, 2.05) is 0 Å². The Morgan fingerprint density at radius 3 is 2.83 bits per heavy atom. The van der Waals surface area contributed by atoms with Crippen LogP contribution >= 0.6 is 43.5 Å². The minimum atomic E-state index is -0.0508. The lowest BCUT2D eigenvalue weighted by atomic mass is 10.1. The Morgan fingerprint density at radius 2 is 2.22 bits per heavy atom. The van der Waals surface area contributed by atoms with E-state index < -0.39 is 0 Å². The molecule has 0 spiro atoms. The maximum absolute atomic E-state index is 12.0. The fraction of sp³-hybridized carbons (Fsp3) is 0.462. The summed E-state index contributed by atoms with van der Waals surface area (Å²) >= 11 is 12.9. The monoisotopic (exact) mass is 393 g/mol. The first-order valence-corrected chi connectivity index (χ1v) is 8.04. The lowest BCUT2D eigenvalue weighted by Gasteiger charge is -2.15. The molecule has 2 unspecified atom stereocenters. The third-order valence-electron chi connectivity index (χ3n) is 3.27. The van der Waals surface area contributed by atoms with Crippen LogP contribution in [-0.4, -0.2) is 17.3 Å². The number of hydrogen-bond donors (Lipinski definition) is 1. The standard InChI is InChI=1S/C13H14Br2ClNO/c14-11-3-1-2-8(11)7-17-13(18)10-5-4-9(16)6-12(10)15/h4-6,8,11H,1-3,7H2,(H,17,18). The van der Waals surface area contributed by atoms with E-state index in [0.717, 1.165) is 11.0 Å². The van der Waals surface area contributed by atoms with E-state index in [-0.39, 0.29) is 5.91 Å². The van der Waals surface area contributed by atoms with Gasteiger partial charge in [0.2, 0.25) is 0 Å². The molecular formula is C13H14Br2ClNO. The van der Waals surface area contributed by atoms with Crippen molar-refractivity contribution in [3.8, 4) is 0 Å². The number of rotatable bonds is 3. The predicted octanol–water partition coefficient (Wildman–Crippen LogP) is 4.40. The molecule has 18 heavy (non-hydrogen) atoms. The molecule has 0 radical (unpaired) electrons. The van der Waals surface area contributed by atoms with Gasteiger partial charge in [-0.25, -0.2) is 0 Å². The van der Waals surface area contributed by atoms with Crippen LogP contribution in [0.5, 0.6) is 0 Å². The molecule has 1 saturated carbocycles. The van der Waals surface area contributed by atoms with Gasteiger partial charge in [-0.1, -0.05) is 34.0 Å². The largest absolute Gasteiger partial charge is 0.352 e. The summed E-state index contributed by atoms with van der Waals surface area (Å²) in [6.45, 7) is 0.726. The Bertz CT molecular complexity index is 453. The summed E-state index contributed by atoms with van der Waals surface area (Å²) in [7, 11) is 0. The highest BCUT2D eigenvalue weighted by molar-refractivity contribution is 9.10. The van der Waals surface area contributed by atoms with Crippen molar-refractivity contribution in [3.63, 3.8) is 0 Å². The highest BCUT2D eigenvalue weighted by Gasteiger charge is 2.25. The number of halogens is 3. The normalized spacial score (nSPS) is 23.1. The summed E-state index contributed by atoms with van der Waals surface area (Å²) in [6.07, 6.45) is 3.62. The van der Waals surface area contributed by atoms with Crippen molar-refractivity contribution in [3.05, 3.63) is 33.3 Å². The van der Waals surface area contributed by atoms with Crippen LogP contribution in [0.2, 0.25) is 5.02 Å². The molecule has 0 saturated heterocycles. The average molecular weight is 396 g/mol. The average Bonchev–Trinajstić information content (AvgIpc) is 2.72. The van der Waals surface area contributed by atoms with Gasteiger partial charge in [0.05, 0.1) is 5.56 Å². The Hall–Kier alpha value is -0.0600. The minimum absolute atomic E-state index is 0.0508. The second-order valence-electron chi connectivity index (χ2n) is 4.54. The molecule has 1 fully saturated rings. The Labute approximate surface area is 129 Å². The summed E-state index contributed by atoms with van der Waals surface area (Å²) < 4.78 is 0.731. The van der Waals surface area contributed by atoms with Gasteiger partial charge in [-0.05, 0) is 52.9 Å². The highest BCUT2D eigenvalue weighted by Crippen LogP contribution is 2.31. The van der Waals surface area contributed by atoms with Crippen LogP contribution in [0.1, 0.15) is 29.6 Å². The van der Waals surface area contributed by atoms with Gasteiger partial charge < -0.3 is 5.32 Å². The van der Waals surface area contributed by atoms with E-state index in [1.165, 1.54) is 19.3 Å². The van der Waals surface area contributed by atoms with Crippen molar-refractivity contribution < 1.29 is 4.79 Å². The summed E-state index contributed by atoms with van der Waals surface area (Å²) in [5, 5.41) is 3.61. The molecule has 0 bridgehead atoms. The lowest BCUT2D eigenvalue weighted by molar-refractivity contribution is 0.0947. The number of nitrogens with one attached hydrogen (secondary N) is 1. The third-order valence-corrected chi connectivity index (χ3v) is 5.36. The SMILES string of the molecule is O=C(NCC1CCCC1Br)c1ccc(Cl)cc1Br. The van der Waals surface area contributed by atoms with Crippen molar-refractivity contribution in [2.24, 2.45) is 5.92 Å². The molecule has 98 valence electrons. The smallest absolute Gasteiger partial charge is 0.252 e. The molecule has 1 N–H and O–H groups in total. The Balaban J connectivity index is 1.95. The predicted molar refractivity (Wildman–Crippen MR) is 81.5 cm³/mol. The molecule has 5 heteroatoms. The van der Waals surface area contributed by atoms with Crippen molar-refractivity contribution >= 4 is 49.4 Å². The number of amides is 1. The Morgan fingerprint density at radius 1 is 1.44 bits per heavy atom. The molecule has 1 aromatic carbocycles. The molecule has 0 heterocycles. The van der Waals surface area contributed by atoms with E-state index in [1.54, 1.807) is 18.2 Å². The van der Waals surface area contributed by atoms with Crippen molar-refractivity contribution in [1.82, 2.24) is 5.32 Å². The van der Waals surface area contributed by atoms with Crippen LogP contribution in [0.3, 0.4) is 0 Å². The van der Waals surface area contributed by atoms with E-state index in [9.17, 15) is 4.79 Å². The summed E-state index contributed by atoms with van der Waals surface area (Å²) in [5.41, 5.74) is 0.628. The van der Waals surface area contributed by atoms with Crippen LogP contribution in [0.4, 0.5) is 0 Å². The maximum Gasteiger partial charge on any atom is 0.252 e. The van der Waals surface area contributed by atoms with Crippen molar-refractivity contribution in [2.75, 3.05) is 6.54 Å². The summed E-state index contributed by atoms with van der Waals surface area (Å²) in [4.78, 5) is 12.6. The molecular weight excluding hydrogens is 381 g/mol.